The molecule has 0 saturated carbocycles. The average molecular weight is 340 g/mol. The number of rotatable bonds is 5. The first-order valence-corrected chi connectivity index (χ1v) is 8.14. The first-order valence-electron chi connectivity index (χ1n) is 6.47. The quantitative estimate of drug-likeness (QED) is 0.840. The summed E-state index contributed by atoms with van der Waals surface area (Å²) in [7, 11) is 0. The first kappa shape index (κ1) is 14.5. The molecule has 0 atom stereocenters. The van der Waals surface area contributed by atoms with Crippen molar-refractivity contribution in [2.24, 2.45) is 0 Å². The molecular formula is C14H18BrN3S. The van der Waals surface area contributed by atoms with Gasteiger partial charge < -0.3 is 5.32 Å². The number of hydrogen-bond donors (Lipinski definition) is 1. The summed E-state index contributed by atoms with van der Waals surface area (Å²) in [5.41, 5.74) is 2.23. The molecule has 0 aromatic carbocycles. The van der Waals surface area contributed by atoms with Crippen molar-refractivity contribution in [3.63, 3.8) is 0 Å². The second-order valence-electron chi connectivity index (χ2n) is 4.66. The Bertz CT molecular complexity index is 551. The van der Waals surface area contributed by atoms with Crippen LogP contribution in [0, 0.1) is 0 Å². The molecule has 0 amide bonds. The molecule has 0 aliphatic heterocycles. The van der Waals surface area contributed by atoms with Crippen LogP contribution in [0.5, 0.6) is 0 Å². The van der Waals surface area contributed by atoms with Gasteiger partial charge in [0.1, 0.15) is 12.1 Å². The number of hydrogen-bond acceptors (Lipinski definition) is 4. The van der Waals surface area contributed by atoms with E-state index in [2.05, 4.69) is 63.4 Å². The van der Waals surface area contributed by atoms with E-state index in [0.717, 1.165) is 29.0 Å². The highest BCUT2D eigenvalue weighted by Crippen LogP contribution is 2.38. The highest BCUT2D eigenvalue weighted by Gasteiger charge is 2.18. The van der Waals surface area contributed by atoms with E-state index in [-0.39, 0.29) is 0 Å². The fourth-order valence-electron chi connectivity index (χ4n) is 1.97. The van der Waals surface area contributed by atoms with Crippen LogP contribution in [0.4, 0.5) is 5.82 Å². The van der Waals surface area contributed by atoms with Gasteiger partial charge in [0.25, 0.3) is 0 Å². The van der Waals surface area contributed by atoms with E-state index in [0.29, 0.717) is 5.92 Å². The lowest BCUT2D eigenvalue weighted by atomic mass is 10.0. The SMILES string of the molecule is CCCNc1ncnc(-c2sccc2Br)c1C(C)C. The van der Waals surface area contributed by atoms with Gasteiger partial charge in [-0.3, -0.25) is 0 Å². The van der Waals surface area contributed by atoms with Crippen LogP contribution < -0.4 is 5.32 Å². The van der Waals surface area contributed by atoms with Crippen molar-refractivity contribution >= 4 is 33.1 Å². The third-order valence-corrected chi connectivity index (χ3v) is 4.68. The summed E-state index contributed by atoms with van der Waals surface area (Å²) in [6.45, 7) is 7.45. The Hall–Kier alpha value is -0.940. The molecule has 2 rings (SSSR count). The van der Waals surface area contributed by atoms with Crippen LogP contribution in [-0.4, -0.2) is 16.5 Å². The smallest absolute Gasteiger partial charge is 0.133 e. The lowest BCUT2D eigenvalue weighted by Gasteiger charge is -2.16. The molecule has 1 N–H and O–H groups in total. The number of anilines is 1. The highest BCUT2D eigenvalue weighted by atomic mass is 79.9. The molecule has 2 aromatic rings. The van der Waals surface area contributed by atoms with E-state index < -0.39 is 0 Å². The Labute approximate surface area is 126 Å². The molecule has 5 heteroatoms. The van der Waals surface area contributed by atoms with E-state index in [1.807, 2.05) is 0 Å². The maximum Gasteiger partial charge on any atom is 0.133 e. The number of halogens is 1. The van der Waals surface area contributed by atoms with Gasteiger partial charge in [0, 0.05) is 16.6 Å². The molecule has 0 fully saturated rings. The van der Waals surface area contributed by atoms with Gasteiger partial charge >= 0.3 is 0 Å². The third-order valence-electron chi connectivity index (χ3n) is 2.84. The van der Waals surface area contributed by atoms with Gasteiger partial charge in [-0.05, 0) is 39.7 Å². The number of thiophene rings is 1. The van der Waals surface area contributed by atoms with Crippen LogP contribution >= 0.6 is 27.3 Å². The minimum Gasteiger partial charge on any atom is -0.370 e. The van der Waals surface area contributed by atoms with Crippen molar-refractivity contribution in [1.82, 2.24) is 9.97 Å². The van der Waals surface area contributed by atoms with Gasteiger partial charge in [-0.25, -0.2) is 9.97 Å². The molecule has 0 unspecified atom stereocenters. The molecule has 0 spiro atoms. The lowest BCUT2D eigenvalue weighted by molar-refractivity contribution is 0.844. The Balaban J connectivity index is 2.52. The standard InChI is InChI=1S/C14H18BrN3S/c1-4-6-16-14-11(9(2)3)12(17-8-18-14)13-10(15)5-7-19-13/h5,7-9H,4,6H2,1-3H3,(H,16,17,18). The van der Waals surface area contributed by atoms with E-state index in [4.69, 9.17) is 0 Å². The molecule has 102 valence electrons. The molecule has 0 saturated heterocycles. The molecule has 2 aromatic heterocycles. The Morgan fingerprint density at radius 2 is 2.16 bits per heavy atom. The fraction of sp³-hybridized carbons (Fsp3) is 0.429. The van der Waals surface area contributed by atoms with Crippen LogP contribution in [-0.2, 0) is 0 Å². The van der Waals surface area contributed by atoms with Crippen LogP contribution in [0.3, 0.4) is 0 Å². The molecule has 0 bridgehead atoms. The minimum atomic E-state index is 0.379. The molecule has 2 heterocycles. The summed E-state index contributed by atoms with van der Waals surface area (Å²) in [5.74, 6) is 1.34. The van der Waals surface area contributed by atoms with E-state index >= 15 is 0 Å². The molecule has 3 nitrogen and oxygen atoms in total. The maximum atomic E-state index is 4.50. The van der Waals surface area contributed by atoms with Crippen LogP contribution in [0.1, 0.15) is 38.7 Å². The van der Waals surface area contributed by atoms with Crippen molar-refractivity contribution < 1.29 is 0 Å². The van der Waals surface area contributed by atoms with E-state index in [1.54, 1.807) is 17.7 Å². The van der Waals surface area contributed by atoms with Crippen molar-refractivity contribution in [3.05, 3.63) is 27.8 Å². The number of nitrogens with zero attached hydrogens (tertiary/aromatic N) is 2. The van der Waals surface area contributed by atoms with E-state index in [1.165, 1.54) is 10.4 Å². The zero-order chi connectivity index (χ0) is 13.8. The predicted octanol–water partition coefficient (Wildman–Crippen LogP) is 4.91. The van der Waals surface area contributed by atoms with Gasteiger partial charge in [-0.1, -0.05) is 20.8 Å². The Morgan fingerprint density at radius 1 is 1.37 bits per heavy atom. The number of aromatic nitrogens is 2. The van der Waals surface area contributed by atoms with Gasteiger partial charge in [0.2, 0.25) is 0 Å². The molecule has 0 aliphatic rings. The molecule has 0 radical (unpaired) electrons. The normalized spacial score (nSPS) is 11.0. The topological polar surface area (TPSA) is 37.8 Å². The Kier molecular flexibility index (Phi) is 4.93. The van der Waals surface area contributed by atoms with Crippen LogP contribution in [0.25, 0.3) is 10.6 Å². The summed E-state index contributed by atoms with van der Waals surface area (Å²) in [4.78, 5) is 10.1. The minimum absolute atomic E-state index is 0.379. The zero-order valence-electron chi connectivity index (χ0n) is 11.4. The van der Waals surface area contributed by atoms with Gasteiger partial charge in [0.05, 0.1) is 10.6 Å². The molecule has 19 heavy (non-hydrogen) atoms. The highest BCUT2D eigenvalue weighted by molar-refractivity contribution is 9.10. The summed E-state index contributed by atoms with van der Waals surface area (Å²) in [5, 5.41) is 5.48. The van der Waals surface area contributed by atoms with E-state index in [9.17, 15) is 0 Å². The second-order valence-corrected chi connectivity index (χ2v) is 6.43. The van der Waals surface area contributed by atoms with Crippen LogP contribution in [0.2, 0.25) is 0 Å². The summed E-state index contributed by atoms with van der Waals surface area (Å²) < 4.78 is 1.10. The fourth-order valence-corrected chi connectivity index (χ4v) is 3.54. The average Bonchev–Trinajstić information content (AvgIpc) is 2.81. The van der Waals surface area contributed by atoms with Gasteiger partial charge in [-0.2, -0.15) is 0 Å². The van der Waals surface area contributed by atoms with Crippen molar-refractivity contribution in [2.45, 2.75) is 33.1 Å². The Morgan fingerprint density at radius 3 is 2.74 bits per heavy atom. The molecule has 0 aliphatic carbocycles. The first-order chi connectivity index (χ1) is 9.15. The largest absolute Gasteiger partial charge is 0.370 e. The monoisotopic (exact) mass is 339 g/mol. The van der Waals surface area contributed by atoms with Crippen molar-refractivity contribution in [1.29, 1.82) is 0 Å². The van der Waals surface area contributed by atoms with Gasteiger partial charge in [-0.15, -0.1) is 11.3 Å². The summed E-state index contributed by atoms with van der Waals surface area (Å²) in [6, 6.07) is 2.06. The maximum absolute atomic E-state index is 4.50. The lowest BCUT2D eigenvalue weighted by Crippen LogP contribution is -2.08. The third kappa shape index (κ3) is 3.15. The summed E-state index contributed by atoms with van der Waals surface area (Å²) >= 11 is 5.29. The second kappa shape index (κ2) is 6.48. The van der Waals surface area contributed by atoms with Crippen LogP contribution in [0.15, 0.2) is 22.2 Å². The summed E-state index contributed by atoms with van der Waals surface area (Å²) in [6.07, 6.45) is 2.73. The zero-order valence-corrected chi connectivity index (χ0v) is 13.8. The van der Waals surface area contributed by atoms with Crippen molar-refractivity contribution in [2.75, 3.05) is 11.9 Å². The van der Waals surface area contributed by atoms with Crippen molar-refractivity contribution in [3.8, 4) is 10.6 Å². The number of nitrogens with one attached hydrogen (secondary N) is 1. The van der Waals surface area contributed by atoms with Gasteiger partial charge in [0.15, 0.2) is 0 Å². The predicted molar refractivity (Wildman–Crippen MR) is 85.9 cm³/mol. The molecular weight excluding hydrogens is 322 g/mol.